The van der Waals surface area contributed by atoms with Gasteiger partial charge in [0.15, 0.2) is 29.4 Å². The first-order valence-corrected chi connectivity index (χ1v) is 7.23. The van der Waals surface area contributed by atoms with Gasteiger partial charge in [0.05, 0.1) is 11.2 Å². The van der Waals surface area contributed by atoms with Gasteiger partial charge in [-0.05, 0) is 12.1 Å². The Morgan fingerprint density at radius 2 is 2.00 bits per heavy atom. The number of nitrogens with zero attached hydrogens (tertiary/aromatic N) is 4. The quantitative estimate of drug-likeness (QED) is 0.568. The number of benzene rings is 1. The van der Waals surface area contributed by atoms with Gasteiger partial charge in [-0.15, -0.1) is 0 Å². The number of hydrogen-bond donors (Lipinski definition) is 2. The van der Waals surface area contributed by atoms with Crippen LogP contribution in [-0.4, -0.2) is 25.0 Å². The van der Waals surface area contributed by atoms with Crippen LogP contribution < -0.4 is 5.73 Å². The summed E-state index contributed by atoms with van der Waals surface area (Å²) in [6.07, 6.45) is 2.81. The molecule has 0 saturated carbocycles. The number of aromatic nitrogens is 4. The number of oxazole rings is 2. The number of aryl methyl sites for hydroxylation is 1. The second-order valence-corrected chi connectivity index (χ2v) is 5.44. The molecule has 1 aromatic carbocycles. The lowest BCUT2D eigenvalue weighted by Gasteiger charge is -2.08. The molecule has 0 fully saturated rings. The molecule has 0 amide bonds. The van der Waals surface area contributed by atoms with Crippen LogP contribution in [0.15, 0.2) is 33.6 Å². The Balaban J connectivity index is 2.00. The Kier molecular flexibility index (Phi) is 3.14. The van der Waals surface area contributed by atoms with Crippen LogP contribution in [0.2, 0.25) is 5.02 Å². The predicted molar refractivity (Wildman–Crippen MR) is 86.4 cm³/mol. The van der Waals surface area contributed by atoms with E-state index in [1.165, 1.54) is 12.6 Å². The fourth-order valence-corrected chi connectivity index (χ4v) is 2.60. The van der Waals surface area contributed by atoms with Crippen LogP contribution in [0, 0.1) is 6.92 Å². The molecular formula is C15H10ClN5O3. The third kappa shape index (κ3) is 2.24. The van der Waals surface area contributed by atoms with Crippen LogP contribution in [0.4, 0.5) is 5.82 Å². The molecular weight excluding hydrogens is 334 g/mol. The lowest BCUT2D eigenvalue weighted by molar-refractivity contribution is 0.454. The van der Waals surface area contributed by atoms with E-state index in [-0.39, 0.29) is 5.82 Å². The first-order valence-electron chi connectivity index (χ1n) is 6.85. The van der Waals surface area contributed by atoms with Gasteiger partial charge in [-0.1, -0.05) is 11.6 Å². The van der Waals surface area contributed by atoms with Gasteiger partial charge in [0, 0.05) is 12.5 Å². The van der Waals surface area contributed by atoms with Gasteiger partial charge in [0.25, 0.3) is 5.88 Å². The van der Waals surface area contributed by atoms with Crippen molar-refractivity contribution in [3.05, 3.63) is 35.6 Å². The highest BCUT2D eigenvalue weighted by Crippen LogP contribution is 2.36. The van der Waals surface area contributed by atoms with Gasteiger partial charge in [0.2, 0.25) is 0 Å². The number of anilines is 1. The molecule has 24 heavy (non-hydrogen) atoms. The van der Waals surface area contributed by atoms with Gasteiger partial charge >= 0.3 is 0 Å². The Hall–Kier alpha value is -3.13. The highest BCUT2D eigenvalue weighted by Gasteiger charge is 2.20. The van der Waals surface area contributed by atoms with E-state index in [2.05, 4.69) is 19.9 Å². The minimum atomic E-state index is -0.390. The number of halogens is 1. The monoisotopic (exact) mass is 343 g/mol. The highest BCUT2D eigenvalue weighted by atomic mass is 35.5. The average molecular weight is 344 g/mol. The van der Waals surface area contributed by atoms with Crippen LogP contribution in [0.3, 0.4) is 0 Å². The number of rotatable bonds is 2. The largest absolute Gasteiger partial charge is 0.491 e. The summed E-state index contributed by atoms with van der Waals surface area (Å²) in [7, 11) is 0. The second-order valence-electron chi connectivity index (χ2n) is 5.03. The van der Waals surface area contributed by atoms with Crippen LogP contribution in [0.5, 0.6) is 5.88 Å². The molecule has 0 bridgehead atoms. The smallest absolute Gasteiger partial charge is 0.255 e. The van der Waals surface area contributed by atoms with Gasteiger partial charge in [-0.2, -0.15) is 0 Å². The highest BCUT2D eigenvalue weighted by molar-refractivity contribution is 6.35. The molecule has 4 aromatic rings. The fraction of sp³-hybridized carbons (Fsp3) is 0.0667. The van der Waals surface area contributed by atoms with Crippen molar-refractivity contribution in [1.29, 1.82) is 0 Å². The maximum absolute atomic E-state index is 9.87. The summed E-state index contributed by atoms with van der Waals surface area (Å²) in [5.41, 5.74) is 7.92. The van der Waals surface area contributed by atoms with E-state index in [0.29, 0.717) is 44.7 Å². The zero-order chi connectivity index (χ0) is 16.8. The van der Waals surface area contributed by atoms with Crippen molar-refractivity contribution in [2.75, 3.05) is 5.73 Å². The number of aromatic hydroxyl groups is 1. The molecule has 0 saturated heterocycles. The zero-order valence-electron chi connectivity index (χ0n) is 12.3. The van der Waals surface area contributed by atoms with E-state index >= 15 is 0 Å². The molecule has 0 atom stereocenters. The number of fused-ring (bicyclic) bond motifs is 1. The van der Waals surface area contributed by atoms with E-state index < -0.39 is 5.88 Å². The van der Waals surface area contributed by atoms with Crippen LogP contribution in [-0.2, 0) is 0 Å². The molecule has 120 valence electrons. The molecule has 0 unspecified atom stereocenters. The lowest BCUT2D eigenvalue weighted by Crippen LogP contribution is -1.99. The Labute approximate surface area is 139 Å². The van der Waals surface area contributed by atoms with Crippen molar-refractivity contribution < 1.29 is 13.9 Å². The molecule has 0 aliphatic heterocycles. The minimum Gasteiger partial charge on any atom is -0.491 e. The van der Waals surface area contributed by atoms with E-state index in [0.717, 1.165) is 0 Å². The average Bonchev–Trinajstić information content (AvgIpc) is 3.18. The first-order chi connectivity index (χ1) is 11.5. The van der Waals surface area contributed by atoms with E-state index in [1.807, 2.05) is 0 Å². The van der Waals surface area contributed by atoms with Gasteiger partial charge in [0.1, 0.15) is 16.9 Å². The third-order valence-electron chi connectivity index (χ3n) is 3.42. The molecule has 0 radical (unpaired) electrons. The Morgan fingerprint density at radius 1 is 1.17 bits per heavy atom. The second kappa shape index (κ2) is 5.20. The Morgan fingerprint density at radius 3 is 2.75 bits per heavy atom. The Bertz CT molecular complexity index is 1070. The molecule has 0 aliphatic carbocycles. The van der Waals surface area contributed by atoms with Crippen molar-refractivity contribution in [2.24, 2.45) is 0 Å². The summed E-state index contributed by atoms with van der Waals surface area (Å²) in [6.45, 7) is 1.71. The van der Waals surface area contributed by atoms with Gasteiger partial charge in [-0.25, -0.2) is 19.9 Å². The first kappa shape index (κ1) is 14.5. The summed E-state index contributed by atoms with van der Waals surface area (Å²) in [5.74, 6) is 0.331. The topological polar surface area (TPSA) is 124 Å². The molecule has 3 aromatic heterocycles. The van der Waals surface area contributed by atoms with E-state index in [4.69, 9.17) is 26.2 Å². The molecule has 4 rings (SSSR count). The number of nitrogen functional groups attached to an aromatic ring is 1. The van der Waals surface area contributed by atoms with Crippen molar-refractivity contribution >= 4 is 28.5 Å². The van der Waals surface area contributed by atoms with Gasteiger partial charge in [-0.3, -0.25) is 0 Å². The molecule has 3 heterocycles. The van der Waals surface area contributed by atoms with Crippen molar-refractivity contribution in [3.8, 4) is 28.6 Å². The standard InChI is InChI=1S/C15H10ClN5O3/c1-6-18-4-10(24-6)13-11(21-15(22)14(17)20-13)7-2-8(16)12-9(3-7)23-5-19-12/h2-5H,1H3,(H2,17,20)(H,21,22). The maximum Gasteiger partial charge on any atom is 0.255 e. The summed E-state index contributed by atoms with van der Waals surface area (Å²) >= 11 is 6.23. The normalized spacial score (nSPS) is 11.2. The summed E-state index contributed by atoms with van der Waals surface area (Å²) in [4.78, 5) is 16.4. The maximum atomic E-state index is 9.87. The molecule has 9 heteroatoms. The number of nitrogens with two attached hydrogens (primary N) is 1. The minimum absolute atomic E-state index is 0.116. The lowest BCUT2D eigenvalue weighted by atomic mass is 10.1. The third-order valence-corrected chi connectivity index (χ3v) is 3.71. The predicted octanol–water partition coefficient (Wildman–Crippen LogP) is 3.19. The van der Waals surface area contributed by atoms with E-state index in [1.54, 1.807) is 19.1 Å². The summed E-state index contributed by atoms with van der Waals surface area (Å²) in [6, 6.07) is 3.35. The van der Waals surface area contributed by atoms with Crippen LogP contribution in [0.1, 0.15) is 5.89 Å². The molecule has 0 spiro atoms. The molecule has 8 nitrogen and oxygen atoms in total. The summed E-state index contributed by atoms with van der Waals surface area (Å²) in [5, 5.41) is 10.3. The number of hydrogen-bond acceptors (Lipinski definition) is 8. The summed E-state index contributed by atoms with van der Waals surface area (Å²) < 4.78 is 10.8. The van der Waals surface area contributed by atoms with Gasteiger partial charge < -0.3 is 19.7 Å². The van der Waals surface area contributed by atoms with E-state index in [9.17, 15) is 5.11 Å². The van der Waals surface area contributed by atoms with Crippen molar-refractivity contribution in [2.45, 2.75) is 6.92 Å². The zero-order valence-corrected chi connectivity index (χ0v) is 13.1. The molecule has 3 N–H and O–H groups in total. The van der Waals surface area contributed by atoms with Crippen LogP contribution >= 0.6 is 11.6 Å². The fourth-order valence-electron chi connectivity index (χ4n) is 2.34. The van der Waals surface area contributed by atoms with Crippen LogP contribution in [0.25, 0.3) is 33.8 Å². The van der Waals surface area contributed by atoms with Crippen molar-refractivity contribution in [3.63, 3.8) is 0 Å². The molecule has 0 aliphatic rings. The van der Waals surface area contributed by atoms with Crippen molar-refractivity contribution in [1.82, 2.24) is 19.9 Å². The SMILES string of the molecule is Cc1ncc(-c2nc(N)c(O)nc2-c2cc(Cl)c3ncoc3c2)o1.